The summed E-state index contributed by atoms with van der Waals surface area (Å²) in [6.45, 7) is 0. The molecule has 2 atom stereocenters. The van der Waals surface area contributed by atoms with Crippen LogP contribution in [0, 0.1) is 0 Å². The predicted octanol–water partition coefficient (Wildman–Crippen LogP) is 2.33. The van der Waals surface area contributed by atoms with Gasteiger partial charge >= 0.3 is 0 Å². The van der Waals surface area contributed by atoms with Crippen molar-refractivity contribution in [2.24, 2.45) is 0 Å². The molecule has 15 heavy (non-hydrogen) atoms. The average molecular weight is 199 g/mol. The van der Waals surface area contributed by atoms with Gasteiger partial charge in [-0.3, -0.25) is 9.88 Å². The molecule has 2 bridgehead atoms. The van der Waals surface area contributed by atoms with Crippen molar-refractivity contribution >= 4 is 5.57 Å². The third-order valence-electron chi connectivity index (χ3n) is 3.78. The first-order valence-electron chi connectivity index (χ1n) is 5.67. The van der Waals surface area contributed by atoms with Crippen molar-refractivity contribution in [3.63, 3.8) is 0 Å². The van der Waals surface area contributed by atoms with Gasteiger partial charge in [0.2, 0.25) is 0 Å². The van der Waals surface area contributed by atoms with Crippen LogP contribution in [-0.4, -0.2) is 29.0 Å². The van der Waals surface area contributed by atoms with Gasteiger partial charge in [-0.15, -0.1) is 0 Å². The standard InChI is InChI=1S/C13H16N2/c1-15-12-4-5-13(15)8-11(7-12)10-3-2-6-14-9-10/h2-3,6-7,9,12-13H,4-5,8H2,1H3/i1-1. The molecule has 1 aromatic heterocycles. The van der Waals surface area contributed by atoms with Crippen LogP contribution in [0.15, 0.2) is 30.6 Å². The third kappa shape index (κ3) is 1.49. The van der Waals surface area contributed by atoms with Crippen molar-refractivity contribution in [3.8, 4) is 0 Å². The number of hydrogen-bond donors (Lipinski definition) is 0. The van der Waals surface area contributed by atoms with Gasteiger partial charge in [-0.25, -0.2) is 0 Å². The lowest BCUT2D eigenvalue weighted by Crippen LogP contribution is -2.34. The van der Waals surface area contributed by atoms with Crippen LogP contribution >= 0.6 is 0 Å². The third-order valence-corrected chi connectivity index (χ3v) is 3.78. The Hall–Kier alpha value is -1.15. The Morgan fingerprint density at radius 1 is 1.40 bits per heavy atom. The highest BCUT2D eigenvalue weighted by molar-refractivity contribution is 5.67. The van der Waals surface area contributed by atoms with Crippen LogP contribution in [0.3, 0.4) is 0 Å². The summed E-state index contributed by atoms with van der Waals surface area (Å²) in [7, 11) is 2.25. The van der Waals surface area contributed by atoms with Gasteiger partial charge in [0, 0.05) is 24.5 Å². The summed E-state index contributed by atoms with van der Waals surface area (Å²) in [5.41, 5.74) is 2.80. The molecule has 78 valence electrons. The Bertz CT molecular complexity index is 383. The van der Waals surface area contributed by atoms with E-state index < -0.39 is 0 Å². The first kappa shape index (κ1) is 9.10. The lowest BCUT2D eigenvalue weighted by Gasteiger charge is -2.30. The molecule has 0 amide bonds. The first-order chi connectivity index (χ1) is 7.34. The zero-order chi connectivity index (χ0) is 10.3. The fourth-order valence-electron chi connectivity index (χ4n) is 2.81. The summed E-state index contributed by atoms with van der Waals surface area (Å²) in [5, 5.41) is 0. The van der Waals surface area contributed by atoms with E-state index in [2.05, 4.69) is 29.1 Å². The molecule has 1 aromatic rings. The first-order valence-corrected chi connectivity index (χ1v) is 5.67. The maximum Gasteiger partial charge on any atom is 0.0342 e. The highest BCUT2D eigenvalue weighted by Crippen LogP contribution is 2.36. The average Bonchev–Trinajstić information content (AvgIpc) is 2.54. The Kier molecular flexibility index (Phi) is 2.10. The Balaban J connectivity index is 1.94. The number of nitrogens with zero attached hydrogens (tertiary/aromatic N) is 2. The molecule has 0 N–H and O–H groups in total. The van der Waals surface area contributed by atoms with E-state index in [0.717, 1.165) is 6.04 Å². The summed E-state index contributed by atoms with van der Waals surface area (Å²) in [6.07, 6.45) is 10.1. The van der Waals surface area contributed by atoms with Crippen molar-refractivity contribution in [2.45, 2.75) is 31.3 Å². The minimum atomic E-state index is 0.666. The zero-order valence-electron chi connectivity index (χ0n) is 9.06. The summed E-state index contributed by atoms with van der Waals surface area (Å²) < 4.78 is 0. The van der Waals surface area contributed by atoms with Crippen molar-refractivity contribution in [1.82, 2.24) is 9.88 Å². The normalized spacial score (nSPS) is 30.3. The summed E-state index contributed by atoms with van der Waals surface area (Å²) in [4.78, 5) is 6.71. The second kappa shape index (κ2) is 3.46. The number of pyridine rings is 1. The predicted molar refractivity (Wildman–Crippen MR) is 61.4 cm³/mol. The van der Waals surface area contributed by atoms with Crippen LogP contribution in [-0.2, 0) is 0 Å². The van der Waals surface area contributed by atoms with E-state index >= 15 is 0 Å². The van der Waals surface area contributed by atoms with Crippen LogP contribution in [0.1, 0.15) is 24.8 Å². The van der Waals surface area contributed by atoms with Crippen molar-refractivity contribution < 1.29 is 0 Å². The van der Waals surface area contributed by atoms with Gasteiger partial charge in [0.05, 0.1) is 0 Å². The second-order valence-corrected chi connectivity index (χ2v) is 4.60. The number of likely N-dealkylation sites (N-methyl/N-ethyl adjacent to an activating group) is 1. The van der Waals surface area contributed by atoms with E-state index in [-0.39, 0.29) is 0 Å². The van der Waals surface area contributed by atoms with Gasteiger partial charge in [-0.1, -0.05) is 12.1 Å². The molecule has 0 aliphatic carbocycles. The summed E-state index contributed by atoms with van der Waals surface area (Å²) >= 11 is 0. The van der Waals surface area contributed by atoms with Crippen molar-refractivity contribution in [2.75, 3.05) is 7.05 Å². The maximum absolute atomic E-state index is 4.19. The molecule has 2 unspecified atom stereocenters. The van der Waals surface area contributed by atoms with Gasteiger partial charge in [0.1, 0.15) is 0 Å². The lowest BCUT2D eigenvalue weighted by molar-refractivity contribution is 0.264. The van der Waals surface area contributed by atoms with E-state index in [1.807, 2.05) is 18.5 Å². The maximum atomic E-state index is 4.19. The SMILES string of the molecule is [11CH3]N1C2C=C(c3cccnc3)CC1CC2. The van der Waals surface area contributed by atoms with Gasteiger partial charge < -0.3 is 0 Å². The zero-order valence-corrected chi connectivity index (χ0v) is 9.06. The Morgan fingerprint density at radius 3 is 3.07 bits per heavy atom. The molecule has 0 aromatic carbocycles. The Morgan fingerprint density at radius 2 is 2.33 bits per heavy atom. The minimum absolute atomic E-state index is 0.666. The molecule has 0 spiro atoms. The number of hydrogen-bond acceptors (Lipinski definition) is 2. The van der Waals surface area contributed by atoms with Crippen LogP contribution in [0.5, 0.6) is 0 Å². The smallest absolute Gasteiger partial charge is 0.0342 e. The van der Waals surface area contributed by atoms with Crippen LogP contribution in [0.4, 0.5) is 0 Å². The highest BCUT2D eigenvalue weighted by atomic mass is 15.1. The Labute approximate surface area is 90.6 Å². The van der Waals surface area contributed by atoms with Gasteiger partial charge in [-0.2, -0.15) is 0 Å². The molecule has 2 aliphatic heterocycles. The van der Waals surface area contributed by atoms with Gasteiger partial charge in [0.25, 0.3) is 0 Å². The molecule has 2 heteroatoms. The quantitative estimate of drug-likeness (QED) is 0.690. The fraction of sp³-hybridized carbons (Fsp3) is 0.462. The van der Waals surface area contributed by atoms with Crippen LogP contribution in [0.2, 0.25) is 0 Å². The van der Waals surface area contributed by atoms with E-state index in [1.165, 1.54) is 30.4 Å². The van der Waals surface area contributed by atoms with E-state index in [4.69, 9.17) is 0 Å². The number of fused-ring (bicyclic) bond motifs is 2. The van der Waals surface area contributed by atoms with Gasteiger partial charge in [-0.05, 0) is 43.5 Å². The monoisotopic (exact) mass is 199 g/mol. The number of aromatic nitrogens is 1. The van der Waals surface area contributed by atoms with Crippen molar-refractivity contribution in [3.05, 3.63) is 36.2 Å². The van der Waals surface area contributed by atoms with E-state index in [1.54, 1.807) is 0 Å². The molecule has 0 saturated carbocycles. The fourth-order valence-corrected chi connectivity index (χ4v) is 2.81. The van der Waals surface area contributed by atoms with E-state index in [0.29, 0.717) is 6.04 Å². The minimum Gasteiger partial charge on any atom is -0.297 e. The van der Waals surface area contributed by atoms with Gasteiger partial charge in [0.15, 0.2) is 0 Å². The molecule has 3 heterocycles. The van der Waals surface area contributed by atoms with Crippen LogP contribution < -0.4 is 0 Å². The van der Waals surface area contributed by atoms with Crippen LogP contribution in [0.25, 0.3) is 5.57 Å². The molecule has 1 saturated heterocycles. The topological polar surface area (TPSA) is 16.1 Å². The summed E-state index contributed by atoms with van der Waals surface area (Å²) in [6, 6.07) is 5.62. The largest absolute Gasteiger partial charge is 0.297 e. The summed E-state index contributed by atoms with van der Waals surface area (Å²) in [5.74, 6) is 0. The number of rotatable bonds is 1. The molecule has 1 fully saturated rings. The second-order valence-electron chi connectivity index (χ2n) is 4.60. The van der Waals surface area contributed by atoms with E-state index in [9.17, 15) is 0 Å². The highest BCUT2D eigenvalue weighted by Gasteiger charge is 2.33. The van der Waals surface area contributed by atoms with Crippen molar-refractivity contribution in [1.29, 1.82) is 0 Å². The molecule has 3 rings (SSSR count). The molecule has 2 nitrogen and oxygen atoms in total. The molecule has 2 aliphatic rings. The molecular weight excluding hydrogens is 183 g/mol. The molecule has 0 radical (unpaired) electrons. The lowest BCUT2D eigenvalue weighted by atomic mass is 9.95. The molecular formula is C13H16N2.